The van der Waals surface area contributed by atoms with Gasteiger partial charge in [0.05, 0.1) is 11.2 Å². The number of pyridine rings is 1. The Balaban J connectivity index is 1.66. The number of aromatic nitrogens is 2. The Morgan fingerprint density at radius 2 is 2.14 bits per heavy atom. The minimum atomic E-state index is -0.224. The summed E-state index contributed by atoms with van der Waals surface area (Å²) in [6, 6.07) is 12.4. The van der Waals surface area contributed by atoms with Crippen LogP contribution in [0.1, 0.15) is 16.1 Å². The van der Waals surface area contributed by atoms with Crippen molar-refractivity contribution in [1.82, 2.24) is 9.97 Å². The molecule has 1 aromatic carbocycles. The second-order valence-electron chi connectivity index (χ2n) is 4.47. The van der Waals surface area contributed by atoms with Gasteiger partial charge in [0, 0.05) is 17.1 Å². The number of benzene rings is 1. The van der Waals surface area contributed by atoms with Crippen molar-refractivity contribution in [3.05, 3.63) is 70.8 Å². The van der Waals surface area contributed by atoms with Gasteiger partial charge in [0.2, 0.25) is 0 Å². The number of carbonyl (C=O) groups is 1. The number of rotatable bonds is 5. The van der Waals surface area contributed by atoms with E-state index in [4.69, 9.17) is 4.74 Å². The van der Waals surface area contributed by atoms with Crippen molar-refractivity contribution in [2.24, 2.45) is 0 Å². The largest absolute Gasteiger partial charge is 0.487 e. The van der Waals surface area contributed by atoms with Gasteiger partial charge in [0.1, 0.15) is 18.2 Å². The van der Waals surface area contributed by atoms with Crippen molar-refractivity contribution in [2.45, 2.75) is 6.61 Å². The minimum Gasteiger partial charge on any atom is -0.487 e. The predicted molar refractivity (Wildman–Crippen MR) is 85.1 cm³/mol. The van der Waals surface area contributed by atoms with Gasteiger partial charge in [-0.15, -0.1) is 11.3 Å². The summed E-state index contributed by atoms with van der Waals surface area (Å²) in [5, 5.41) is 4.67. The van der Waals surface area contributed by atoms with E-state index in [-0.39, 0.29) is 5.91 Å². The molecular formula is C16H13N3O2S. The lowest BCUT2D eigenvalue weighted by molar-refractivity contribution is 0.102. The maximum absolute atomic E-state index is 12.2. The van der Waals surface area contributed by atoms with Crippen LogP contribution in [0.25, 0.3) is 0 Å². The van der Waals surface area contributed by atoms with Gasteiger partial charge in [-0.3, -0.25) is 4.79 Å². The smallest absolute Gasteiger partial charge is 0.256 e. The van der Waals surface area contributed by atoms with Crippen LogP contribution in [-0.4, -0.2) is 15.9 Å². The number of nitrogens with one attached hydrogen (secondary N) is 1. The molecule has 0 radical (unpaired) electrons. The Morgan fingerprint density at radius 3 is 2.91 bits per heavy atom. The van der Waals surface area contributed by atoms with Gasteiger partial charge in [-0.1, -0.05) is 12.1 Å². The molecule has 0 fully saturated rings. The van der Waals surface area contributed by atoms with Crippen LogP contribution in [0.4, 0.5) is 5.82 Å². The zero-order valence-corrected chi connectivity index (χ0v) is 12.4. The number of amides is 1. The van der Waals surface area contributed by atoms with E-state index >= 15 is 0 Å². The highest BCUT2D eigenvalue weighted by molar-refractivity contribution is 7.07. The summed E-state index contributed by atoms with van der Waals surface area (Å²) in [7, 11) is 0. The maximum Gasteiger partial charge on any atom is 0.256 e. The van der Waals surface area contributed by atoms with E-state index in [9.17, 15) is 4.79 Å². The molecule has 0 aliphatic rings. The molecule has 2 aromatic heterocycles. The first-order valence-electron chi connectivity index (χ1n) is 6.63. The summed E-state index contributed by atoms with van der Waals surface area (Å²) in [5.41, 5.74) is 3.14. The van der Waals surface area contributed by atoms with Crippen molar-refractivity contribution < 1.29 is 9.53 Å². The van der Waals surface area contributed by atoms with E-state index in [1.54, 1.807) is 42.0 Å². The number of nitrogens with zero attached hydrogens (tertiary/aromatic N) is 2. The van der Waals surface area contributed by atoms with Crippen LogP contribution < -0.4 is 10.1 Å². The van der Waals surface area contributed by atoms with Crippen LogP contribution in [0.3, 0.4) is 0 Å². The normalized spacial score (nSPS) is 10.2. The van der Waals surface area contributed by atoms with Gasteiger partial charge in [0.15, 0.2) is 0 Å². The molecule has 0 aliphatic carbocycles. The summed E-state index contributed by atoms with van der Waals surface area (Å²) in [6.07, 6.45) is 1.63. The van der Waals surface area contributed by atoms with Crippen molar-refractivity contribution in [2.75, 3.05) is 5.32 Å². The molecular weight excluding hydrogens is 298 g/mol. The van der Waals surface area contributed by atoms with Gasteiger partial charge in [-0.05, 0) is 30.3 Å². The first kappa shape index (κ1) is 14.2. The van der Waals surface area contributed by atoms with Crippen LogP contribution in [0, 0.1) is 0 Å². The SMILES string of the molecule is O=C(Nc1ccccn1)c1cccc(OCc2cscn2)c1. The Hall–Kier alpha value is -2.73. The average Bonchev–Trinajstić information content (AvgIpc) is 3.08. The second-order valence-corrected chi connectivity index (χ2v) is 5.18. The Kier molecular flexibility index (Phi) is 4.41. The Morgan fingerprint density at radius 1 is 1.18 bits per heavy atom. The zero-order chi connectivity index (χ0) is 15.2. The van der Waals surface area contributed by atoms with E-state index in [0.29, 0.717) is 23.7 Å². The molecule has 5 nitrogen and oxygen atoms in total. The third-order valence-electron chi connectivity index (χ3n) is 2.87. The van der Waals surface area contributed by atoms with E-state index in [1.165, 1.54) is 11.3 Å². The molecule has 22 heavy (non-hydrogen) atoms. The fourth-order valence-electron chi connectivity index (χ4n) is 1.82. The molecule has 2 heterocycles. The van der Waals surface area contributed by atoms with Gasteiger partial charge >= 0.3 is 0 Å². The molecule has 0 atom stereocenters. The number of anilines is 1. The molecule has 0 saturated heterocycles. The van der Waals surface area contributed by atoms with E-state index in [1.807, 2.05) is 17.5 Å². The molecule has 6 heteroatoms. The van der Waals surface area contributed by atoms with Crippen molar-refractivity contribution >= 4 is 23.1 Å². The third-order valence-corrected chi connectivity index (χ3v) is 3.51. The standard InChI is InChI=1S/C16H13N3O2S/c20-16(19-15-6-1-2-7-17-15)12-4-3-5-14(8-12)21-9-13-10-22-11-18-13/h1-8,10-11H,9H2,(H,17,19,20). The average molecular weight is 311 g/mol. The molecule has 0 aliphatic heterocycles. The Labute approximate surface area is 131 Å². The fraction of sp³-hybridized carbons (Fsp3) is 0.0625. The van der Waals surface area contributed by atoms with Crippen molar-refractivity contribution in [3.8, 4) is 5.75 Å². The number of carbonyl (C=O) groups excluding carboxylic acids is 1. The van der Waals surface area contributed by atoms with Gasteiger partial charge in [-0.2, -0.15) is 0 Å². The van der Waals surface area contributed by atoms with E-state index in [0.717, 1.165) is 5.69 Å². The highest BCUT2D eigenvalue weighted by Gasteiger charge is 2.08. The molecule has 1 N–H and O–H groups in total. The molecule has 3 rings (SSSR count). The van der Waals surface area contributed by atoms with Crippen LogP contribution in [0.15, 0.2) is 59.6 Å². The van der Waals surface area contributed by atoms with Gasteiger partial charge in [0.25, 0.3) is 5.91 Å². The highest BCUT2D eigenvalue weighted by atomic mass is 32.1. The monoisotopic (exact) mass is 311 g/mol. The lowest BCUT2D eigenvalue weighted by Crippen LogP contribution is -2.12. The van der Waals surface area contributed by atoms with E-state index in [2.05, 4.69) is 15.3 Å². The quantitative estimate of drug-likeness (QED) is 0.784. The molecule has 1 amide bonds. The van der Waals surface area contributed by atoms with Crippen LogP contribution in [-0.2, 0) is 6.61 Å². The third kappa shape index (κ3) is 3.67. The molecule has 0 unspecified atom stereocenters. The second kappa shape index (κ2) is 6.82. The lowest BCUT2D eigenvalue weighted by atomic mass is 10.2. The van der Waals surface area contributed by atoms with E-state index < -0.39 is 0 Å². The summed E-state index contributed by atoms with van der Waals surface area (Å²) < 4.78 is 5.64. The van der Waals surface area contributed by atoms with Crippen LogP contribution in [0.2, 0.25) is 0 Å². The number of ether oxygens (including phenoxy) is 1. The molecule has 3 aromatic rings. The summed E-state index contributed by atoms with van der Waals surface area (Å²) in [4.78, 5) is 20.4. The minimum absolute atomic E-state index is 0.224. The highest BCUT2D eigenvalue weighted by Crippen LogP contribution is 2.16. The summed E-state index contributed by atoms with van der Waals surface area (Å²) in [6.45, 7) is 0.384. The summed E-state index contributed by atoms with van der Waals surface area (Å²) in [5.74, 6) is 0.917. The fourth-order valence-corrected chi connectivity index (χ4v) is 2.36. The lowest BCUT2D eigenvalue weighted by Gasteiger charge is -2.07. The molecule has 0 saturated carbocycles. The zero-order valence-electron chi connectivity index (χ0n) is 11.6. The topological polar surface area (TPSA) is 64.1 Å². The number of hydrogen-bond acceptors (Lipinski definition) is 5. The first-order valence-corrected chi connectivity index (χ1v) is 7.58. The van der Waals surface area contributed by atoms with Crippen LogP contribution >= 0.6 is 11.3 Å². The van der Waals surface area contributed by atoms with Gasteiger partial charge < -0.3 is 10.1 Å². The van der Waals surface area contributed by atoms with Gasteiger partial charge in [-0.25, -0.2) is 9.97 Å². The molecule has 110 valence electrons. The van der Waals surface area contributed by atoms with Crippen LogP contribution in [0.5, 0.6) is 5.75 Å². The first-order chi connectivity index (χ1) is 10.8. The molecule has 0 spiro atoms. The predicted octanol–water partition coefficient (Wildman–Crippen LogP) is 3.37. The number of thiazole rings is 1. The summed E-state index contributed by atoms with van der Waals surface area (Å²) >= 11 is 1.52. The Bertz CT molecular complexity index is 745. The van der Waals surface area contributed by atoms with Crippen molar-refractivity contribution in [3.63, 3.8) is 0 Å². The number of hydrogen-bond donors (Lipinski definition) is 1. The maximum atomic E-state index is 12.2. The van der Waals surface area contributed by atoms with Crippen molar-refractivity contribution in [1.29, 1.82) is 0 Å². The molecule has 0 bridgehead atoms.